The number of hydrogen-bond acceptors (Lipinski definition) is 3. The van der Waals surface area contributed by atoms with Crippen molar-refractivity contribution in [1.82, 2.24) is 10.2 Å². The number of rotatable bonds is 10. The molecule has 5 nitrogen and oxygen atoms in total. The minimum atomic E-state index is -0.689. The van der Waals surface area contributed by atoms with Gasteiger partial charge in [0.1, 0.15) is 11.8 Å². The normalized spacial score (nSPS) is 11.6. The topological polar surface area (TPSA) is 58.6 Å². The minimum absolute atomic E-state index is 0.193. The molecule has 0 aliphatic carbocycles. The predicted octanol–water partition coefficient (Wildman–Crippen LogP) is 5.87. The highest BCUT2D eigenvalue weighted by Gasteiger charge is 2.30. The van der Waals surface area contributed by atoms with E-state index in [0.29, 0.717) is 23.7 Å². The summed E-state index contributed by atoms with van der Waals surface area (Å²) in [7, 11) is 0. The Morgan fingerprint density at radius 3 is 2.23 bits per heavy atom. The van der Waals surface area contributed by atoms with Gasteiger partial charge in [-0.25, -0.2) is 0 Å². The van der Waals surface area contributed by atoms with Gasteiger partial charge in [-0.3, -0.25) is 9.59 Å². The molecule has 0 aliphatic heterocycles. The molecule has 0 saturated carbocycles. The number of nitrogens with zero attached hydrogens (tertiary/aromatic N) is 1. The lowest BCUT2D eigenvalue weighted by molar-refractivity contribution is -0.142. The van der Waals surface area contributed by atoms with E-state index in [2.05, 4.69) is 21.2 Å². The monoisotopic (exact) mass is 556 g/mol. The van der Waals surface area contributed by atoms with Gasteiger partial charge >= 0.3 is 0 Å². The fourth-order valence-corrected chi connectivity index (χ4v) is 4.22. The van der Waals surface area contributed by atoms with Crippen LogP contribution in [0.3, 0.4) is 0 Å². The van der Waals surface area contributed by atoms with Gasteiger partial charge in [-0.2, -0.15) is 0 Å². The van der Waals surface area contributed by atoms with E-state index >= 15 is 0 Å². The maximum atomic E-state index is 13.6. The zero-order chi connectivity index (χ0) is 25.4. The summed E-state index contributed by atoms with van der Waals surface area (Å²) in [4.78, 5) is 28.3. The number of likely N-dealkylation sites (N-methyl/N-ethyl adjacent to an activating group) is 1. The van der Waals surface area contributed by atoms with Crippen molar-refractivity contribution in [2.75, 3.05) is 13.2 Å². The predicted molar refractivity (Wildman–Crippen MR) is 144 cm³/mol. The van der Waals surface area contributed by atoms with Crippen LogP contribution in [0.5, 0.6) is 5.75 Å². The third-order valence-electron chi connectivity index (χ3n) is 5.66. The molecule has 0 saturated heterocycles. The fraction of sp³-hybridized carbons (Fsp3) is 0.286. The van der Waals surface area contributed by atoms with E-state index < -0.39 is 6.04 Å². The van der Waals surface area contributed by atoms with Crippen LogP contribution in [-0.4, -0.2) is 35.9 Å². The summed E-state index contributed by atoms with van der Waals surface area (Å²) in [6, 6.07) is 20.4. The molecule has 1 N–H and O–H groups in total. The maximum absolute atomic E-state index is 13.6. The minimum Gasteiger partial charge on any atom is -0.484 e. The Balaban J connectivity index is 1.89. The summed E-state index contributed by atoms with van der Waals surface area (Å²) in [5.74, 6) is 0.101. The third-order valence-corrected chi connectivity index (χ3v) is 6.79. The number of benzene rings is 3. The van der Waals surface area contributed by atoms with Crippen LogP contribution in [0.25, 0.3) is 0 Å². The fourth-order valence-electron chi connectivity index (χ4n) is 3.85. The SMILES string of the molecule is CCNC(=O)[C@@H](Cc1ccccc1)N(Cc1ccc(Br)cc1)C(=O)COc1cc(C)c(Cl)c(C)c1. The Bertz CT molecular complexity index is 1130. The number of halogens is 2. The van der Waals surface area contributed by atoms with Gasteiger partial charge in [-0.1, -0.05) is 70.0 Å². The van der Waals surface area contributed by atoms with Crippen LogP contribution in [0.4, 0.5) is 0 Å². The number of carbonyl (C=O) groups excluding carboxylic acids is 2. The average molecular weight is 558 g/mol. The quantitative estimate of drug-likeness (QED) is 0.339. The molecule has 1 atom stereocenters. The van der Waals surface area contributed by atoms with Gasteiger partial charge in [0.2, 0.25) is 5.91 Å². The molecule has 3 rings (SSSR count). The molecule has 3 aromatic rings. The number of aryl methyl sites for hydroxylation is 2. The lowest BCUT2D eigenvalue weighted by Gasteiger charge is -2.31. The first-order valence-corrected chi connectivity index (χ1v) is 12.7. The van der Waals surface area contributed by atoms with Gasteiger partial charge in [0.05, 0.1) is 0 Å². The van der Waals surface area contributed by atoms with Gasteiger partial charge in [0.15, 0.2) is 6.61 Å². The standard InChI is InChI=1S/C28H30BrClN2O3/c1-4-31-28(34)25(16-21-8-6-5-7-9-21)32(17-22-10-12-23(29)13-11-22)26(33)18-35-24-14-19(2)27(30)20(3)15-24/h5-15,25H,4,16-18H2,1-3H3,(H,31,34)/t25-/m1/s1. The van der Waals surface area contributed by atoms with Gasteiger partial charge in [0, 0.05) is 29.0 Å². The molecular weight excluding hydrogens is 528 g/mol. The molecular formula is C28H30BrClN2O3. The highest BCUT2D eigenvalue weighted by molar-refractivity contribution is 9.10. The van der Waals surface area contributed by atoms with Crippen molar-refractivity contribution in [2.24, 2.45) is 0 Å². The van der Waals surface area contributed by atoms with Crippen molar-refractivity contribution in [3.63, 3.8) is 0 Å². The Kier molecular flexibility index (Phi) is 9.75. The van der Waals surface area contributed by atoms with Crippen LogP contribution < -0.4 is 10.1 Å². The number of carbonyl (C=O) groups is 2. The van der Waals surface area contributed by atoms with Gasteiger partial charge in [-0.15, -0.1) is 0 Å². The second kappa shape index (κ2) is 12.8. The second-order valence-electron chi connectivity index (χ2n) is 8.41. The van der Waals surface area contributed by atoms with Gasteiger partial charge in [-0.05, 0) is 67.3 Å². The molecule has 0 heterocycles. The highest BCUT2D eigenvalue weighted by atomic mass is 79.9. The molecule has 0 aliphatic rings. The largest absolute Gasteiger partial charge is 0.484 e. The number of ether oxygens (including phenoxy) is 1. The van der Waals surface area contributed by atoms with E-state index in [1.54, 1.807) is 4.90 Å². The first-order valence-electron chi connectivity index (χ1n) is 11.5. The van der Waals surface area contributed by atoms with Crippen LogP contribution in [0.2, 0.25) is 5.02 Å². The number of amides is 2. The Morgan fingerprint density at radius 1 is 1.00 bits per heavy atom. The zero-order valence-electron chi connectivity index (χ0n) is 20.2. The van der Waals surface area contributed by atoms with Gasteiger partial charge < -0.3 is 15.0 Å². The van der Waals surface area contributed by atoms with E-state index in [4.69, 9.17) is 16.3 Å². The molecule has 3 aromatic carbocycles. The van der Waals surface area contributed by atoms with Crippen molar-refractivity contribution in [3.8, 4) is 5.75 Å². The number of hydrogen-bond donors (Lipinski definition) is 1. The van der Waals surface area contributed by atoms with Crippen molar-refractivity contribution in [1.29, 1.82) is 0 Å². The van der Waals surface area contributed by atoms with Gasteiger partial charge in [0.25, 0.3) is 5.91 Å². The highest BCUT2D eigenvalue weighted by Crippen LogP contribution is 2.26. The Morgan fingerprint density at radius 2 is 1.63 bits per heavy atom. The Hall–Kier alpha value is -2.83. The summed E-state index contributed by atoms with van der Waals surface area (Å²) in [6.07, 6.45) is 0.397. The van der Waals surface area contributed by atoms with Crippen LogP contribution in [-0.2, 0) is 22.6 Å². The molecule has 0 bridgehead atoms. The van der Waals surface area contributed by atoms with Crippen molar-refractivity contribution < 1.29 is 14.3 Å². The smallest absolute Gasteiger partial charge is 0.261 e. The van der Waals surface area contributed by atoms with Crippen LogP contribution in [0.15, 0.2) is 71.2 Å². The Labute approximate surface area is 220 Å². The van der Waals surface area contributed by atoms with Crippen LogP contribution >= 0.6 is 27.5 Å². The molecule has 0 unspecified atom stereocenters. The van der Waals surface area contributed by atoms with Crippen molar-refractivity contribution in [2.45, 2.75) is 39.8 Å². The molecule has 0 spiro atoms. The van der Waals surface area contributed by atoms with E-state index in [9.17, 15) is 9.59 Å². The molecule has 0 fully saturated rings. The first kappa shape index (κ1) is 26.8. The lowest BCUT2D eigenvalue weighted by atomic mass is 10.0. The van der Waals surface area contributed by atoms with Crippen molar-refractivity contribution >= 4 is 39.3 Å². The van der Waals surface area contributed by atoms with E-state index in [-0.39, 0.29) is 25.0 Å². The molecule has 35 heavy (non-hydrogen) atoms. The van der Waals surface area contributed by atoms with Crippen LogP contribution in [0, 0.1) is 13.8 Å². The summed E-state index contributed by atoms with van der Waals surface area (Å²) in [5, 5.41) is 3.58. The third kappa shape index (κ3) is 7.58. The van der Waals surface area contributed by atoms with Crippen molar-refractivity contribution in [3.05, 3.63) is 98.5 Å². The summed E-state index contributed by atoms with van der Waals surface area (Å²) in [6.45, 7) is 6.23. The zero-order valence-corrected chi connectivity index (χ0v) is 22.5. The van der Waals surface area contributed by atoms with E-state index in [1.807, 2.05) is 87.5 Å². The summed E-state index contributed by atoms with van der Waals surface area (Å²) < 4.78 is 6.82. The van der Waals surface area contributed by atoms with E-state index in [1.165, 1.54) is 0 Å². The summed E-state index contributed by atoms with van der Waals surface area (Å²) in [5.41, 5.74) is 3.65. The summed E-state index contributed by atoms with van der Waals surface area (Å²) >= 11 is 9.72. The second-order valence-corrected chi connectivity index (χ2v) is 9.70. The number of nitrogens with one attached hydrogen (secondary N) is 1. The maximum Gasteiger partial charge on any atom is 0.261 e. The molecule has 7 heteroatoms. The molecule has 0 aromatic heterocycles. The molecule has 2 amide bonds. The molecule has 0 radical (unpaired) electrons. The molecule has 184 valence electrons. The van der Waals surface area contributed by atoms with Crippen LogP contribution in [0.1, 0.15) is 29.2 Å². The first-order chi connectivity index (χ1) is 16.8. The lowest BCUT2D eigenvalue weighted by Crippen LogP contribution is -2.51. The average Bonchev–Trinajstić information content (AvgIpc) is 2.85. The van der Waals surface area contributed by atoms with E-state index in [0.717, 1.165) is 26.7 Å².